The Hall–Kier alpha value is -2.05. The van der Waals surface area contributed by atoms with Crippen LogP contribution in [0.2, 0.25) is 0 Å². The van der Waals surface area contributed by atoms with Crippen LogP contribution in [0.4, 0.5) is 10.8 Å². The number of amides is 1. The number of rotatable bonds is 5. The zero-order valence-electron chi connectivity index (χ0n) is 18.4. The summed E-state index contributed by atoms with van der Waals surface area (Å²) in [6, 6.07) is 8.31. The number of nitrogens with zero attached hydrogens (tertiary/aromatic N) is 4. The monoisotopic (exact) mass is 505 g/mol. The number of anilines is 2. The van der Waals surface area contributed by atoms with Crippen molar-refractivity contribution in [2.24, 2.45) is 0 Å². The molecule has 2 aliphatic rings. The Bertz CT molecular complexity index is 1230. The molecule has 3 aromatic rings. The number of thiazole rings is 1. The number of piperazine rings is 1. The van der Waals surface area contributed by atoms with Crippen LogP contribution in [0, 0.1) is 0 Å². The van der Waals surface area contributed by atoms with Gasteiger partial charge in [-0.3, -0.25) is 4.79 Å². The van der Waals surface area contributed by atoms with Crippen LogP contribution in [-0.4, -0.2) is 74.3 Å². The molecule has 1 amide bonds. The molecular formula is C22H27N5O3S3. The Morgan fingerprint density at radius 1 is 1.12 bits per heavy atom. The third-order valence-electron chi connectivity index (χ3n) is 6.23. The van der Waals surface area contributed by atoms with Gasteiger partial charge in [-0.05, 0) is 49.5 Å². The van der Waals surface area contributed by atoms with Gasteiger partial charge in [-0.15, -0.1) is 11.3 Å². The van der Waals surface area contributed by atoms with Crippen LogP contribution in [-0.2, 0) is 14.8 Å². The van der Waals surface area contributed by atoms with Crippen LogP contribution < -0.4 is 10.2 Å². The Balaban J connectivity index is 1.33. The van der Waals surface area contributed by atoms with Crippen molar-refractivity contribution < 1.29 is 13.2 Å². The third-order valence-corrected chi connectivity index (χ3v) is 10.6. The SMILES string of the molecule is CN1CCN(c2nc3ccc(NC(=O)C4CCCCN4S(=O)(=O)c4cccs4)cc3s2)CC1. The van der Waals surface area contributed by atoms with Crippen molar-refractivity contribution in [3.8, 4) is 0 Å². The number of fused-ring (bicyclic) bond motifs is 1. The van der Waals surface area contributed by atoms with Crippen LogP contribution in [0.1, 0.15) is 19.3 Å². The topological polar surface area (TPSA) is 85.8 Å². The lowest BCUT2D eigenvalue weighted by atomic mass is 10.0. The lowest BCUT2D eigenvalue weighted by molar-refractivity contribution is -0.120. The van der Waals surface area contributed by atoms with E-state index < -0.39 is 16.1 Å². The van der Waals surface area contributed by atoms with E-state index in [1.807, 2.05) is 18.2 Å². The van der Waals surface area contributed by atoms with Crippen molar-refractivity contribution in [2.75, 3.05) is 50.0 Å². The number of likely N-dealkylation sites (N-methyl/N-ethyl adjacent to an activating group) is 1. The van der Waals surface area contributed by atoms with E-state index in [1.165, 1.54) is 15.6 Å². The van der Waals surface area contributed by atoms with Crippen LogP contribution in [0.25, 0.3) is 10.2 Å². The smallest absolute Gasteiger partial charge is 0.253 e. The standard InChI is InChI=1S/C22H27N5O3S3/c1-25-10-12-26(13-11-25)22-24-17-8-7-16(15-19(17)32-22)23-21(28)18-5-2-3-9-27(18)33(29,30)20-6-4-14-31-20/h4,6-8,14-15,18H,2-3,5,9-13H2,1H3,(H,23,28). The summed E-state index contributed by atoms with van der Waals surface area (Å²) in [4.78, 5) is 22.6. The number of hydrogen-bond donors (Lipinski definition) is 1. The molecule has 1 aromatic carbocycles. The second-order valence-corrected chi connectivity index (χ2v) is 12.6. The Kier molecular flexibility index (Phi) is 6.41. The number of benzene rings is 1. The summed E-state index contributed by atoms with van der Waals surface area (Å²) in [6.07, 6.45) is 2.11. The molecule has 4 heterocycles. The third kappa shape index (κ3) is 4.65. The number of thiophene rings is 1. The van der Waals surface area contributed by atoms with Crippen molar-refractivity contribution in [1.82, 2.24) is 14.2 Å². The lowest BCUT2D eigenvalue weighted by Gasteiger charge is -2.33. The fourth-order valence-corrected chi connectivity index (χ4v) is 8.16. The first-order valence-corrected chi connectivity index (χ1v) is 14.3. The van der Waals surface area contributed by atoms with E-state index in [9.17, 15) is 13.2 Å². The highest BCUT2D eigenvalue weighted by molar-refractivity contribution is 7.91. The zero-order valence-corrected chi connectivity index (χ0v) is 20.9. The quantitative estimate of drug-likeness (QED) is 0.573. The average Bonchev–Trinajstić information content (AvgIpc) is 3.50. The molecule has 1 unspecified atom stereocenters. The lowest BCUT2D eigenvalue weighted by Crippen LogP contribution is -2.49. The summed E-state index contributed by atoms with van der Waals surface area (Å²) in [5.74, 6) is -0.280. The Morgan fingerprint density at radius 2 is 1.94 bits per heavy atom. The normalized spacial score (nSPS) is 20.9. The molecule has 2 saturated heterocycles. The molecule has 0 radical (unpaired) electrons. The van der Waals surface area contributed by atoms with Gasteiger partial charge in [0.1, 0.15) is 10.3 Å². The van der Waals surface area contributed by atoms with Gasteiger partial charge in [0, 0.05) is 38.4 Å². The molecule has 2 fully saturated rings. The molecule has 1 atom stereocenters. The van der Waals surface area contributed by atoms with Crippen LogP contribution in [0.15, 0.2) is 39.9 Å². The number of carbonyl (C=O) groups excluding carboxylic acids is 1. The maximum atomic E-state index is 13.2. The van der Waals surface area contributed by atoms with Gasteiger partial charge in [-0.1, -0.05) is 23.8 Å². The molecule has 2 aliphatic heterocycles. The molecule has 8 nitrogen and oxygen atoms in total. The van der Waals surface area contributed by atoms with Gasteiger partial charge in [0.15, 0.2) is 5.13 Å². The predicted octanol–water partition coefficient (Wildman–Crippen LogP) is 3.29. The molecule has 176 valence electrons. The molecule has 0 spiro atoms. The first-order chi connectivity index (χ1) is 15.9. The van der Waals surface area contributed by atoms with Crippen molar-refractivity contribution in [3.05, 3.63) is 35.7 Å². The predicted molar refractivity (Wildman–Crippen MR) is 134 cm³/mol. The first-order valence-electron chi connectivity index (χ1n) is 11.1. The number of carbonyl (C=O) groups is 1. The molecule has 1 N–H and O–H groups in total. The number of sulfonamides is 1. The molecule has 5 rings (SSSR count). The minimum absolute atomic E-state index is 0.280. The Labute approximate surface area is 201 Å². The fraction of sp³-hybridized carbons (Fsp3) is 0.455. The van der Waals surface area contributed by atoms with E-state index in [-0.39, 0.29) is 10.1 Å². The average molecular weight is 506 g/mol. The van der Waals surface area contributed by atoms with E-state index >= 15 is 0 Å². The second-order valence-electron chi connectivity index (χ2n) is 8.52. The minimum Gasteiger partial charge on any atom is -0.345 e. The molecule has 0 saturated carbocycles. The van der Waals surface area contributed by atoms with E-state index in [0.29, 0.717) is 18.7 Å². The van der Waals surface area contributed by atoms with Gasteiger partial charge in [0.05, 0.1) is 10.2 Å². The van der Waals surface area contributed by atoms with E-state index in [2.05, 4.69) is 22.2 Å². The highest BCUT2D eigenvalue weighted by Crippen LogP contribution is 2.32. The summed E-state index contributed by atoms with van der Waals surface area (Å²) in [7, 11) is -1.55. The number of aromatic nitrogens is 1. The molecule has 2 aromatic heterocycles. The molecule has 33 heavy (non-hydrogen) atoms. The highest BCUT2D eigenvalue weighted by Gasteiger charge is 2.38. The summed E-state index contributed by atoms with van der Waals surface area (Å²) < 4.78 is 28.9. The first kappa shape index (κ1) is 22.7. The zero-order chi connectivity index (χ0) is 23.0. The maximum Gasteiger partial charge on any atom is 0.253 e. The highest BCUT2D eigenvalue weighted by atomic mass is 32.2. The summed E-state index contributed by atoms with van der Waals surface area (Å²) in [5, 5.41) is 5.71. The van der Waals surface area contributed by atoms with Crippen LogP contribution in [0.5, 0.6) is 0 Å². The van der Waals surface area contributed by atoms with Gasteiger partial charge >= 0.3 is 0 Å². The number of nitrogens with one attached hydrogen (secondary N) is 1. The van der Waals surface area contributed by atoms with Gasteiger partial charge in [-0.25, -0.2) is 13.4 Å². The number of piperidine rings is 1. The molecule has 0 bridgehead atoms. The van der Waals surface area contributed by atoms with Crippen molar-refractivity contribution in [2.45, 2.75) is 29.5 Å². The van der Waals surface area contributed by atoms with Gasteiger partial charge in [0.25, 0.3) is 10.0 Å². The van der Waals surface area contributed by atoms with Gasteiger partial charge in [0.2, 0.25) is 5.91 Å². The van der Waals surface area contributed by atoms with Crippen molar-refractivity contribution >= 4 is 59.6 Å². The van der Waals surface area contributed by atoms with Crippen LogP contribution in [0.3, 0.4) is 0 Å². The summed E-state index contributed by atoms with van der Waals surface area (Å²) in [5.41, 5.74) is 1.58. The molecular weight excluding hydrogens is 478 g/mol. The molecule has 11 heteroatoms. The Morgan fingerprint density at radius 3 is 2.70 bits per heavy atom. The van der Waals surface area contributed by atoms with Gasteiger partial charge in [-0.2, -0.15) is 4.31 Å². The fourth-order valence-electron chi connectivity index (χ4n) is 4.33. The minimum atomic E-state index is -3.68. The summed E-state index contributed by atoms with van der Waals surface area (Å²) in [6.45, 7) is 4.31. The van der Waals surface area contributed by atoms with Gasteiger partial charge < -0.3 is 15.1 Å². The van der Waals surface area contributed by atoms with E-state index in [0.717, 1.165) is 54.4 Å². The largest absolute Gasteiger partial charge is 0.345 e. The van der Waals surface area contributed by atoms with Crippen molar-refractivity contribution in [3.63, 3.8) is 0 Å². The molecule has 0 aliphatic carbocycles. The summed E-state index contributed by atoms with van der Waals surface area (Å²) >= 11 is 2.81. The number of hydrogen-bond acceptors (Lipinski definition) is 8. The second kappa shape index (κ2) is 9.30. The van der Waals surface area contributed by atoms with Crippen molar-refractivity contribution in [1.29, 1.82) is 0 Å². The van der Waals surface area contributed by atoms with Crippen LogP contribution >= 0.6 is 22.7 Å². The maximum absolute atomic E-state index is 13.2. The van der Waals surface area contributed by atoms with E-state index in [1.54, 1.807) is 28.8 Å². The van der Waals surface area contributed by atoms with E-state index in [4.69, 9.17) is 4.98 Å².